The molecule has 21 heavy (non-hydrogen) atoms. The number of halogens is 3. The molecule has 8 heteroatoms. The zero-order valence-electron chi connectivity index (χ0n) is 12.0. The molecule has 0 bridgehead atoms. The smallest absolute Gasteiger partial charge is 0.401 e. The van der Waals surface area contributed by atoms with Crippen LogP contribution in [0.1, 0.15) is 0 Å². The van der Waals surface area contributed by atoms with Gasteiger partial charge in [-0.3, -0.25) is 0 Å². The zero-order valence-corrected chi connectivity index (χ0v) is 12.0. The molecular formula is C13H18F3NO4. The van der Waals surface area contributed by atoms with Gasteiger partial charge >= 0.3 is 6.18 Å². The average molecular weight is 309 g/mol. The molecule has 0 saturated heterocycles. The van der Waals surface area contributed by atoms with Crippen molar-refractivity contribution in [1.82, 2.24) is 5.32 Å². The maximum Gasteiger partial charge on any atom is 0.401 e. The Hall–Kier alpha value is -1.83. The first-order valence-corrected chi connectivity index (χ1v) is 6.11. The van der Waals surface area contributed by atoms with Crippen molar-refractivity contribution in [2.24, 2.45) is 0 Å². The van der Waals surface area contributed by atoms with Gasteiger partial charge in [-0.2, -0.15) is 13.2 Å². The third kappa shape index (κ3) is 5.58. The summed E-state index contributed by atoms with van der Waals surface area (Å²) in [7, 11) is 4.40. The quantitative estimate of drug-likeness (QED) is 0.746. The Labute approximate surface area is 120 Å². The van der Waals surface area contributed by atoms with Crippen LogP contribution in [0.4, 0.5) is 13.2 Å². The molecule has 0 aliphatic carbocycles. The lowest BCUT2D eigenvalue weighted by Crippen LogP contribution is -2.31. The van der Waals surface area contributed by atoms with E-state index >= 15 is 0 Å². The highest BCUT2D eigenvalue weighted by atomic mass is 19.4. The van der Waals surface area contributed by atoms with Crippen molar-refractivity contribution in [1.29, 1.82) is 0 Å². The molecular weight excluding hydrogens is 291 g/mol. The highest BCUT2D eigenvalue weighted by molar-refractivity contribution is 5.55. The van der Waals surface area contributed by atoms with E-state index in [4.69, 9.17) is 18.9 Å². The SMILES string of the molecule is COc1cc(OCCNCC(F)(F)F)cc(OC)c1OC. The van der Waals surface area contributed by atoms with Crippen molar-refractivity contribution in [3.05, 3.63) is 12.1 Å². The number of hydrogen-bond acceptors (Lipinski definition) is 5. The molecule has 0 aliphatic rings. The largest absolute Gasteiger partial charge is 0.493 e. The standard InChI is InChI=1S/C13H18F3NO4/c1-18-10-6-9(7-11(19-2)12(10)20-3)21-5-4-17-8-13(14,15)16/h6-7,17H,4-5,8H2,1-3H3. The Morgan fingerprint density at radius 3 is 2.00 bits per heavy atom. The van der Waals surface area contributed by atoms with Crippen LogP contribution in [0.3, 0.4) is 0 Å². The van der Waals surface area contributed by atoms with E-state index in [9.17, 15) is 13.2 Å². The van der Waals surface area contributed by atoms with E-state index in [2.05, 4.69) is 5.32 Å². The molecule has 0 radical (unpaired) electrons. The second-order valence-corrected chi connectivity index (χ2v) is 4.00. The maximum atomic E-state index is 11.9. The summed E-state index contributed by atoms with van der Waals surface area (Å²) in [6.45, 7) is -0.906. The van der Waals surface area contributed by atoms with Crippen LogP contribution < -0.4 is 24.3 Å². The van der Waals surface area contributed by atoms with Crippen LogP contribution in [-0.4, -0.2) is 47.2 Å². The molecule has 5 nitrogen and oxygen atoms in total. The van der Waals surface area contributed by atoms with Gasteiger partial charge in [0.1, 0.15) is 12.4 Å². The fourth-order valence-electron chi connectivity index (χ4n) is 1.61. The summed E-state index contributed by atoms with van der Waals surface area (Å²) < 4.78 is 56.6. The van der Waals surface area contributed by atoms with E-state index in [1.807, 2.05) is 0 Å². The van der Waals surface area contributed by atoms with E-state index in [1.165, 1.54) is 21.3 Å². The van der Waals surface area contributed by atoms with Crippen LogP contribution in [0.15, 0.2) is 12.1 Å². The van der Waals surface area contributed by atoms with Gasteiger partial charge in [0, 0.05) is 18.7 Å². The van der Waals surface area contributed by atoms with Crippen molar-refractivity contribution < 1.29 is 32.1 Å². The summed E-state index contributed by atoms with van der Waals surface area (Å²) in [5.74, 6) is 1.66. The van der Waals surface area contributed by atoms with Gasteiger partial charge in [-0.25, -0.2) is 0 Å². The van der Waals surface area contributed by atoms with Gasteiger partial charge in [0.05, 0.1) is 27.9 Å². The molecule has 0 unspecified atom stereocenters. The third-order valence-electron chi connectivity index (χ3n) is 2.51. The Morgan fingerprint density at radius 1 is 1.00 bits per heavy atom. The Morgan fingerprint density at radius 2 is 1.57 bits per heavy atom. The fourth-order valence-corrected chi connectivity index (χ4v) is 1.61. The number of hydrogen-bond donors (Lipinski definition) is 1. The van der Waals surface area contributed by atoms with Gasteiger partial charge in [-0.15, -0.1) is 0 Å². The first-order chi connectivity index (χ1) is 9.91. The van der Waals surface area contributed by atoms with E-state index in [-0.39, 0.29) is 13.2 Å². The summed E-state index contributed by atoms with van der Waals surface area (Å²) >= 11 is 0. The summed E-state index contributed by atoms with van der Waals surface area (Å²) in [5, 5.41) is 2.24. The molecule has 1 aromatic rings. The lowest BCUT2D eigenvalue weighted by atomic mass is 10.2. The molecule has 120 valence electrons. The minimum Gasteiger partial charge on any atom is -0.493 e. The van der Waals surface area contributed by atoms with Gasteiger partial charge in [0.2, 0.25) is 5.75 Å². The molecule has 0 amide bonds. The molecule has 0 aliphatic heterocycles. The topological polar surface area (TPSA) is 49.0 Å². The van der Waals surface area contributed by atoms with Gasteiger partial charge < -0.3 is 24.3 Å². The van der Waals surface area contributed by atoms with Crippen molar-refractivity contribution in [2.45, 2.75) is 6.18 Å². The molecule has 0 aromatic heterocycles. The monoisotopic (exact) mass is 309 g/mol. The van der Waals surface area contributed by atoms with Crippen molar-refractivity contribution in [3.8, 4) is 23.0 Å². The van der Waals surface area contributed by atoms with Gasteiger partial charge in [-0.1, -0.05) is 0 Å². The van der Waals surface area contributed by atoms with Gasteiger partial charge in [0.15, 0.2) is 11.5 Å². The van der Waals surface area contributed by atoms with Crippen LogP contribution in [0.25, 0.3) is 0 Å². The van der Waals surface area contributed by atoms with Crippen LogP contribution in [0.5, 0.6) is 23.0 Å². The molecule has 1 aromatic carbocycles. The van der Waals surface area contributed by atoms with E-state index in [1.54, 1.807) is 12.1 Å². The summed E-state index contributed by atoms with van der Waals surface area (Å²) in [6.07, 6.45) is -4.23. The molecule has 0 fully saturated rings. The van der Waals surface area contributed by atoms with Gasteiger partial charge in [-0.05, 0) is 0 Å². The van der Waals surface area contributed by atoms with Crippen LogP contribution in [-0.2, 0) is 0 Å². The normalized spacial score (nSPS) is 11.1. The molecule has 0 spiro atoms. The number of rotatable bonds is 8. The number of ether oxygens (including phenoxy) is 4. The second-order valence-electron chi connectivity index (χ2n) is 4.00. The molecule has 0 atom stereocenters. The van der Waals surface area contributed by atoms with Gasteiger partial charge in [0.25, 0.3) is 0 Å². The molecule has 0 heterocycles. The maximum absolute atomic E-state index is 11.9. The number of nitrogens with one attached hydrogen (secondary N) is 1. The lowest BCUT2D eigenvalue weighted by Gasteiger charge is -2.15. The molecule has 1 N–H and O–H groups in total. The minimum absolute atomic E-state index is 0.0656. The molecule has 1 rings (SSSR count). The van der Waals surface area contributed by atoms with Crippen molar-refractivity contribution in [2.75, 3.05) is 41.0 Å². The Bertz CT molecular complexity index is 427. The first kappa shape index (κ1) is 17.2. The second kappa shape index (κ2) is 7.82. The minimum atomic E-state index is -4.23. The highest BCUT2D eigenvalue weighted by Gasteiger charge is 2.25. The number of alkyl halides is 3. The summed E-state index contributed by atoms with van der Waals surface area (Å²) in [5.41, 5.74) is 0. The Balaban J connectivity index is 2.59. The van der Waals surface area contributed by atoms with Crippen molar-refractivity contribution >= 4 is 0 Å². The van der Waals surface area contributed by atoms with Crippen molar-refractivity contribution in [3.63, 3.8) is 0 Å². The zero-order chi connectivity index (χ0) is 15.9. The van der Waals surface area contributed by atoms with E-state index < -0.39 is 12.7 Å². The lowest BCUT2D eigenvalue weighted by molar-refractivity contribution is -0.124. The average Bonchev–Trinajstić information content (AvgIpc) is 2.44. The Kier molecular flexibility index (Phi) is 6.41. The van der Waals surface area contributed by atoms with E-state index in [0.717, 1.165) is 0 Å². The van der Waals surface area contributed by atoms with Crippen LogP contribution >= 0.6 is 0 Å². The predicted molar refractivity (Wildman–Crippen MR) is 70.5 cm³/mol. The molecule has 0 saturated carbocycles. The highest BCUT2D eigenvalue weighted by Crippen LogP contribution is 2.40. The first-order valence-electron chi connectivity index (χ1n) is 6.11. The van der Waals surface area contributed by atoms with E-state index in [0.29, 0.717) is 23.0 Å². The third-order valence-corrected chi connectivity index (χ3v) is 2.51. The fraction of sp³-hybridized carbons (Fsp3) is 0.538. The van der Waals surface area contributed by atoms with Crippen LogP contribution in [0.2, 0.25) is 0 Å². The summed E-state index contributed by atoms with van der Waals surface area (Å²) in [4.78, 5) is 0. The van der Waals surface area contributed by atoms with Crippen LogP contribution in [0, 0.1) is 0 Å². The summed E-state index contributed by atoms with van der Waals surface area (Å²) in [6, 6.07) is 3.15. The number of benzene rings is 1. The number of methoxy groups -OCH3 is 3. The predicted octanol–water partition coefficient (Wildman–Crippen LogP) is 2.24.